The van der Waals surface area contributed by atoms with E-state index in [2.05, 4.69) is 12.1 Å². The van der Waals surface area contributed by atoms with Gasteiger partial charge < -0.3 is 4.90 Å². The third kappa shape index (κ3) is 4.87. The van der Waals surface area contributed by atoms with Crippen LogP contribution in [-0.4, -0.2) is 40.0 Å². The van der Waals surface area contributed by atoms with Crippen molar-refractivity contribution >= 4 is 34.5 Å². The van der Waals surface area contributed by atoms with Crippen molar-refractivity contribution < 1.29 is 9.59 Å². The second-order valence-corrected chi connectivity index (χ2v) is 7.40. The highest BCUT2D eigenvalue weighted by Gasteiger charge is 2.30. The van der Waals surface area contributed by atoms with Gasteiger partial charge in [0.1, 0.15) is 0 Å². The van der Waals surface area contributed by atoms with E-state index in [9.17, 15) is 9.59 Å². The fraction of sp³-hybridized carbons (Fsp3) is 0.467. The maximum absolute atomic E-state index is 11.8. The molecule has 0 spiro atoms. The van der Waals surface area contributed by atoms with E-state index in [0.29, 0.717) is 6.42 Å². The number of amides is 1. The predicted molar refractivity (Wildman–Crippen MR) is 85.9 cm³/mol. The van der Waals surface area contributed by atoms with Gasteiger partial charge in [0.15, 0.2) is 5.12 Å². The summed E-state index contributed by atoms with van der Waals surface area (Å²) in [7, 11) is 0. The fourth-order valence-electron chi connectivity index (χ4n) is 2.20. The Morgan fingerprint density at radius 2 is 2.10 bits per heavy atom. The average molecular weight is 309 g/mol. The van der Waals surface area contributed by atoms with Gasteiger partial charge in [0, 0.05) is 43.2 Å². The van der Waals surface area contributed by atoms with Gasteiger partial charge in [0.2, 0.25) is 5.91 Å². The first-order chi connectivity index (χ1) is 9.65. The normalized spacial score (nSPS) is 18.6. The molecule has 1 aromatic rings. The number of carbonyl (C=O) groups excluding carboxylic acids is 2. The predicted octanol–water partition coefficient (Wildman–Crippen LogP) is 2.80. The number of benzene rings is 1. The van der Waals surface area contributed by atoms with Gasteiger partial charge in [-0.05, 0) is 5.56 Å². The Bertz CT molecular complexity index is 464. The van der Waals surface area contributed by atoms with E-state index in [-0.39, 0.29) is 16.3 Å². The van der Waals surface area contributed by atoms with Crippen molar-refractivity contribution in [3.8, 4) is 0 Å². The smallest absolute Gasteiger partial charge is 0.223 e. The number of thioether (sulfide) groups is 2. The van der Waals surface area contributed by atoms with Gasteiger partial charge >= 0.3 is 0 Å². The molecule has 1 unspecified atom stereocenters. The van der Waals surface area contributed by atoms with E-state index in [1.54, 1.807) is 6.92 Å². The van der Waals surface area contributed by atoms with Crippen molar-refractivity contribution in [1.29, 1.82) is 0 Å². The van der Waals surface area contributed by atoms with Crippen LogP contribution in [0.5, 0.6) is 0 Å². The summed E-state index contributed by atoms with van der Waals surface area (Å²) in [6, 6.07) is 10.3. The maximum atomic E-state index is 11.8. The van der Waals surface area contributed by atoms with Crippen molar-refractivity contribution in [2.75, 3.05) is 18.8 Å². The maximum Gasteiger partial charge on any atom is 0.223 e. The Morgan fingerprint density at radius 1 is 1.35 bits per heavy atom. The van der Waals surface area contributed by atoms with Gasteiger partial charge in [-0.3, -0.25) is 9.59 Å². The van der Waals surface area contributed by atoms with Crippen molar-refractivity contribution in [2.24, 2.45) is 0 Å². The molecular formula is C15H19NO2S2. The Kier molecular flexibility index (Phi) is 5.98. The molecule has 1 amide bonds. The second kappa shape index (κ2) is 7.74. The highest BCUT2D eigenvalue weighted by molar-refractivity contribution is 8.14. The monoisotopic (exact) mass is 309 g/mol. The van der Waals surface area contributed by atoms with E-state index >= 15 is 0 Å². The molecule has 0 saturated carbocycles. The zero-order valence-corrected chi connectivity index (χ0v) is 13.2. The van der Waals surface area contributed by atoms with E-state index in [1.807, 2.05) is 34.9 Å². The molecule has 1 aromatic carbocycles. The molecule has 1 heterocycles. The molecule has 1 aliphatic heterocycles. The average Bonchev–Trinajstić information content (AvgIpc) is 2.75. The molecule has 3 nitrogen and oxygen atoms in total. The van der Waals surface area contributed by atoms with Gasteiger partial charge in [0.25, 0.3) is 0 Å². The number of carbonyl (C=O) groups is 2. The molecule has 1 saturated heterocycles. The lowest BCUT2D eigenvalue weighted by atomic mass is 10.2. The standard InChI is InChI=1S/C15H19NO2S2/c1-12(17)20-14-9-15(18)16(10-14)7-8-19-11-13-5-3-2-4-6-13/h2-6,14H,7-11H2,1H3. The van der Waals surface area contributed by atoms with Crippen LogP contribution in [-0.2, 0) is 15.3 Å². The molecule has 20 heavy (non-hydrogen) atoms. The lowest BCUT2D eigenvalue weighted by Gasteiger charge is -2.15. The topological polar surface area (TPSA) is 37.4 Å². The van der Waals surface area contributed by atoms with Crippen LogP contribution in [0.1, 0.15) is 18.9 Å². The molecule has 0 aromatic heterocycles. The fourth-order valence-corrected chi connectivity index (χ4v) is 4.08. The highest BCUT2D eigenvalue weighted by Crippen LogP contribution is 2.24. The molecule has 1 aliphatic rings. The summed E-state index contributed by atoms with van der Waals surface area (Å²) >= 11 is 3.14. The lowest BCUT2D eigenvalue weighted by molar-refractivity contribution is -0.127. The van der Waals surface area contributed by atoms with Gasteiger partial charge in [-0.25, -0.2) is 0 Å². The Hall–Kier alpha value is -0.940. The summed E-state index contributed by atoms with van der Waals surface area (Å²) in [6.07, 6.45) is 0.508. The van der Waals surface area contributed by atoms with Crippen molar-refractivity contribution in [3.63, 3.8) is 0 Å². The summed E-state index contributed by atoms with van der Waals surface area (Å²) in [5.74, 6) is 2.11. The summed E-state index contributed by atoms with van der Waals surface area (Å²) in [6.45, 7) is 3.06. The third-order valence-electron chi connectivity index (χ3n) is 3.13. The first kappa shape index (κ1) is 15.4. The molecule has 0 bridgehead atoms. The van der Waals surface area contributed by atoms with E-state index in [4.69, 9.17) is 0 Å². The minimum atomic E-state index is 0.100. The first-order valence-electron chi connectivity index (χ1n) is 6.72. The third-order valence-corrected chi connectivity index (χ3v) is 5.12. The van der Waals surface area contributed by atoms with Gasteiger partial charge in [0.05, 0.1) is 0 Å². The number of hydrogen-bond donors (Lipinski definition) is 0. The van der Waals surface area contributed by atoms with Crippen molar-refractivity contribution in [2.45, 2.75) is 24.3 Å². The highest BCUT2D eigenvalue weighted by atomic mass is 32.2. The molecule has 5 heteroatoms. The molecule has 0 aliphatic carbocycles. The zero-order chi connectivity index (χ0) is 14.4. The zero-order valence-electron chi connectivity index (χ0n) is 11.6. The molecule has 108 valence electrons. The van der Waals surface area contributed by atoms with E-state index in [0.717, 1.165) is 24.6 Å². The van der Waals surface area contributed by atoms with Crippen LogP contribution in [0.2, 0.25) is 0 Å². The number of rotatable bonds is 6. The van der Waals surface area contributed by atoms with Crippen molar-refractivity contribution in [3.05, 3.63) is 35.9 Å². The minimum Gasteiger partial charge on any atom is -0.341 e. The lowest BCUT2D eigenvalue weighted by Crippen LogP contribution is -2.28. The number of likely N-dealkylation sites (tertiary alicyclic amines) is 1. The number of hydrogen-bond acceptors (Lipinski definition) is 4. The quantitative estimate of drug-likeness (QED) is 0.757. The van der Waals surface area contributed by atoms with Crippen LogP contribution in [0.15, 0.2) is 30.3 Å². The van der Waals surface area contributed by atoms with Crippen LogP contribution in [0.4, 0.5) is 0 Å². The second-order valence-electron chi connectivity index (χ2n) is 4.81. The molecular weight excluding hydrogens is 290 g/mol. The SMILES string of the molecule is CC(=O)SC1CC(=O)N(CCSCc2ccccc2)C1. The first-order valence-corrected chi connectivity index (χ1v) is 8.75. The summed E-state index contributed by atoms with van der Waals surface area (Å²) in [5.41, 5.74) is 1.32. The molecule has 0 radical (unpaired) electrons. The summed E-state index contributed by atoms with van der Waals surface area (Å²) < 4.78 is 0. The minimum absolute atomic E-state index is 0.100. The van der Waals surface area contributed by atoms with Gasteiger partial charge in [-0.1, -0.05) is 42.1 Å². The summed E-state index contributed by atoms with van der Waals surface area (Å²) in [5, 5.41) is 0.252. The Morgan fingerprint density at radius 3 is 2.80 bits per heavy atom. The van der Waals surface area contributed by atoms with Crippen LogP contribution in [0.3, 0.4) is 0 Å². The van der Waals surface area contributed by atoms with Crippen molar-refractivity contribution in [1.82, 2.24) is 4.90 Å². The Labute approximate surface area is 128 Å². The van der Waals surface area contributed by atoms with Crippen LogP contribution in [0, 0.1) is 0 Å². The van der Waals surface area contributed by atoms with Crippen LogP contribution < -0.4 is 0 Å². The van der Waals surface area contributed by atoms with E-state index in [1.165, 1.54) is 17.3 Å². The summed E-state index contributed by atoms with van der Waals surface area (Å²) in [4.78, 5) is 24.8. The van der Waals surface area contributed by atoms with Gasteiger partial charge in [-0.15, -0.1) is 0 Å². The van der Waals surface area contributed by atoms with Crippen LogP contribution in [0.25, 0.3) is 0 Å². The van der Waals surface area contributed by atoms with Crippen LogP contribution >= 0.6 is 23.5 Å². The molecule has 1 fully saturated rings. The van der Waals surface area contributed by atoms with E-state index < -0.39 is 0 Å². The largest absolute Gasteiger partial charge is 0.341 e. The molecule has 0 N–H and O–H groups in total. The number of nitrogens with zero attached hydrogens (tertiary/aromatic N) is 1. The molecule has 2 rings (SSSR count). The van der Waals surface area contributed by atoms with Gasteiger partial charge in [-0.2, -0.15) is 11.8 Å². The Balaban J connectivity index is 1.67. The molecule has 1 atom stereocenters.